The molecule has 0 amide bonds. The summed E-state index contributed by atoms with van der Waals surface area (Å²) in [5.74, 6) is -0.552. The quantitative estimate of drug-likeness (QED) is 0.0560. The molecule has 16 nitrogen and oxygen atoms in total. The predicted octanol–water partition coefficient (Wildman–Crippen LogP) is 12.9. The Morgan fingerprint density at radius 1 is 0.429 bits per heavy atom. The van der Waals surface area contributed by atoms with Crippen LogP contribution in [-0.2, 0) is 77.3 Å². The number of thiazole rings is 2. The molecule has 0 spiro atoms. The molecule has 0 aliphatic heterocycles. The molecule has 6 heterocycles. The van der Waals surface area contributed by atoms with Crippen molar-refractivity contribution >= 4 is 98.4 Å². The number of aromatic carboxylic acids is 2. The predicted molar refractivity (Wildman–Crippen MR) is 330 cm³/mol. The lowest BCUT2D eigenvalue weighted by molar-refractivity contribution is 0.0686. The number of aryl methyl sites for hydroxylation is 10. The standard InChI is InChI=1S/2C33H28N6O2S/c2*40-33(41)24-12-14-29-26(20-24)25(13-10-21-9-11-22-5-1-2-6-23(22)19-21)28(39(29)18-17-31-35-37-38-36-31)15-16-32-34-27-7-3-4-8-30(27)42-32/h2*1-9,11-12,14,19-20H,10,13,15-18H2,(H,40,41)(H,35,36,37,38). The number of fused-ring (bicyclic) bond motifs is 6. The largest absolute Gasteiger partial charge is 0.478 e. The minimum absolute atomic E-state index is 0.294. The molecular weight excluding hydrogens is 1090 g/mol. The van der Waals surface area contributed by atoms with E-state index in [0.717, 1.165) is 94.2 Å². The summed E-state index contributed by atoms with van der Waals surface area (Å²) in [7, 11) is 0. The fourth-order valence-corrected chi connectivity index (χ4v) is 13.6. The molecule has 4 N–H and O–H groups in total. The molecule has 8 aromatic carbocycles. The van der Waals surface area contributed by atoms with E-state index in [9.17, 15) is 19.8 Å². The summed E-state index contributed by atoms with van der Waals surface area (Å²) in [4.78, 5) is 33.7. The minimum atomic E-state index is -0.923. The third kappa shape index (κ3) is 11.5. The molecule has 416 valence electrons. The van der Waals surface area contributed by atoms with E-state index in [1.165, 1.54) is 64.6 Å². The second-order valence-electron chi connectivity index (χ2n) is 20.9. The first-order valence-electron chi connectivity index (χ1n) is 28.1. The molecule has 0 saturated carbocycles. The molecular formula is C66H56N12O4S2. The van der Waals surface area contributed by atoms with Gasteiger partial charge in [0.2, 0.25) is 0 Å². The normalized spacial score (nSPS) is 11.6. The Labute approximate surface area is 489 Å². The number of tetrazole rings is 2. The second kappa shape index (κ2) is 24.0. The Morgan fingerprint density at radius 3 is 1.27 bits per heavy atom. The van der Waals surface area contributed by atoms with Crippen LogP contribution in [0.2, 0.25) is 0 Å². The summed E-state index contributed by atoms with van der Waals surface area (Å²) in [6.45, 7) is 1.32. The monoisotopic (exact) mass is 1140 g/mol. The van der Waals surface area contributed by atoms with Gasteiger partial charge in [-0.25, -0.2) is 19.6 Å². The zero-order valence-electron chi connectivity index (χ0n) is 45.7. The van der Waals surface area contributed by atoms with E-state index < -0.39 is 11.9 Å². The van der Waals surface area contributed by atoms with Crippen LogP contribution in [0.15, 0.2) is 170 Å². The SMILES string of the molecule is O=C(O)c1ccc2c(c1)c(CCc1ccc3ccccc3c1)c(CCc1nc3ccccc3s1)n2CCc1nn[nH]n1.O=C(O)c1ccc2c(c1)c(CCc1ccc3ccccc3c1)c(CCc1nc3ccccc3s1)n2CCc1nn[nH]n1. The highest BCUT2D eigenvalue weighted by molar-refractivity contribution is 7.18. The van der Waals surface area contributed by atoms with Crippen LogP contribution in [0.4, 0.5) is 0 Å². The van der Waals surface area contributed by atoms with E-state index >= 15 is 0 Å². The van der Waals surface area contributed by atoms with Crippen LogP contribution >= 0.6 is 22.7 Å². The molecule has 18 heteroatoms. The first kappa shape index (κ1) is 53.5. The van der Waals surface area contributed by atoms with Crippen LogP contribution in [-0.4, -0.2) is 82.5 Å². The minimum Gasteiger partial charge on any atom is -0.478 e. The van der Waals surface area contributed by atoms with Gasteiger partial charge in [-0.2, -0.15) is 10.4 Å². The lowest BCUT2D eigenvalue weighted by Gasteiger charge is -2.12. The van der Waals surface area contributed by atoms with Gasteiger partial charge in [0, 0.05) is 72.0 Å². The first-order valence-corrected chi connectivity index (χ1v) is 29.7. The molecule has 14 rings (SSSR count). The van der Waals surface area contributed by atoms with Crippen molar-refractivity contribution in [3.63, 3.8) is 0 Å². The van der Waals surface area contributed by atoms with Gasteiger partial charge in [0.25, 0.3) is 0 Å². The number of H-pyrrole nitrogens is 2. The molecule has 0 aliphatic rings. The highest BCUT2D eigenvalue weighted by Crippen LogP contribution is 2.34. The number of carboxylic acid groups (broad SMARTS) is 2. The number of nitrogens with one attached hydrogen (secondary N) is 2. The van der Waals surface area contributed by atoms with Crippen molar-refractivity contribution < 1.29 is 19.8 Å². The van der Waals surface area contributed by atoms with Gasteiger partial charge in [0.1, 0.15) is 0 Å². The lowest BCUT2D eigenvalue weighted by atomic mass is 9.97. The van der Waals surface area contributed by atoms with Crippen LogP contribution < -0.4 is 0 Å². The van der Waals surface area contributed by atoms with Crippen LogP contribution in [0.3, 0.4) is 0 Å². The Hall–Kier alpha value is -9.78. The van der Waals surface area contributed by atoms with Crippen LogP contribution in [0, 0.1) is 0 Å². The number of aromatic nitrogens is 12. The summed E-state index contributed by atoms with van der Waals surface area (Å²) >= 11 is 3.47. The summed E-state index contributed by atoms with van der Waals surface area (Å²) in [5, 5.41) is 57.9. The highest BCUT2D eigenvalue weighted by Gasteiger charge is 2.23. The number of rotatable bonds is 20. The number of hydrogen-bond donors (Lipinski definition) is 4. The van der Waals surface area contributed by atoms with E-state index in [-0.39, 0.29) is 0 Å². The summed E-state index contributed by atoms with van der Waals surface area (Å²) < 4.78 is 7.02. The fourth-order valence-electron chi connectivity index (χ4n) is 11.7. The molecule has 14 aromatic rings. The van der Waals surface area contributed by atoms with Crippen LogP contribution in [0.1, 0.15) is 76.0 Å². The summed E-state index contributed by atoms with van der Waals surface area (Å²) in [6.07, 6.45) is 7.68. The van der Waals surface area contributed by atoms with Crippen LogP contribution in [0.5, 0.6) is 0 Å². The van der Waals surface area contributed by atoms with Gasteiger partial charge >= 0.3 is 11.9 Å². The van der Waals surface area contributed by atoms with Gasteiger partial charge in [-0.15, -0.1) is 43.1 Å². The van der Waals surface area contributed by atoms with Crippen LogP contribution in [0.25, 0.3) is 63.8 Å². The molecule has 84 heavy (non-hydrogen) atoms. The molecule has 0 unspecified atom stereocenters. The number of para-hydroxylation sites is 2. The van der Waals surface area contributed by atoms with E-state index in [1.54, 1.807) is 34.8 Å². The van der Waals surface area contributed by atoms with Crippen molar-refractivity contribution in [1.82, 2.24) is 60.4 Å². The number of aromatic amines is 2. The smallest absolute Gasteiger partial charge is 0.335 e. The number of carbonyl (C=O) groups is 2. The van der Waals surface area contributed by atoms with Gasteiger partial charge in [0.15, 0.2) is 11.6 Å². The van der Waals surface area contributed by atoms with Crippen molar-refractivity contribution in [3.8, 4) is 0 Å². The maximum absolute atomic E-state index is 12.0. The number of nitrogens with zero attached hydrogens (tertiary/aromatic N) is 10. The molecule has 0 bridgehead atoms. The Bertz CT molecular complexity index is 4320. The number of hydrogen-bond acceptors (Lipinski definition) is 12. The Kier molecular flexibility index (Phi) is 15.3. The van der Waals surface area contributed by atoms with Gasteiger partial charge < -0.3 is 19.3 Å². The molecule has 0 atom stereocenters. The van der Waals surface area contributed by atoms with Gasteiger partial charge in [0.05, 0.1) is 41.6 Å². The van der Waals surface area contributed by atoms with E-state index in [1.807, 2.05) is 48.5 Å². The average molecular weight is 1150 g/mol. The summed E-state index contributed by atoms with van der Waals surface area (Å²) in [6, 6.07) is 57.5. The topological polar surface area (TPSA) is 219 Å². The van der Waals surface area contributed by atoms with E-state index in [4.69, 9.17) is 9.97 Å². The number of carboxylic acids is 2. The zero-order chi connectivity index (χ0) is 56.9. The van der Waals surface area contributed by atoms with Crippen molar-refractivity contribution in [2.24, 2.45) is 0 Å². The van der Waals surface area contributed by atoms with E-state index in [2.05, 4.69) is 160 Å². The van der Waals surface area contributed by atoms with Crippen molar-refractivity contribution in [3.05, 3.63) is 236 Å². The maximum Gasteiger partial charge on any atom is 0.335 e. The highest BCUT2D eigenvalue weighted by atomic mass is 32.1. The van der Waals surface area contributed by atoms with Crippen molar-refractivity contribution in [1.29, 1.82) is 0 Å². The first-order chi connectivity index (χ1) is 41.2. The third-order valence-electron chi connectivity index (χ3n) is 15.7. The Morgan fingerprint density at radius 2 is 0.857 bits per heavy atom. The lowest BCUT2D eigenvalue weighted by Crippen LogP contribution is -2.09. The molecule has 6 aromatic heterocycles. The molecule has 0 fully saturated rings. The number of benzene rings is 8. The average Bonchev–Trinajstić information content (AvgIpc) is 2.85. The third-order valence-corrected chi connectivity index (χ3v) is 17.9. The van der Waals surface area contributed by atoms with Gasteiger partial charge in [-0.3, -0.25) is 0 Å². The molecule has 0 aliphatic carbocycles. The van der Waals surface area contributed by atoms with E-state index in [0.29, 0.717) is 48.7 Å². The van der Waals surface area contributed by atoms with Gasteiger partial charge in [-0.05, 0) is 143 Å². The van der Waals surface area contributed by atoms with Crippen molar-refractivity contribution in [2.45, 2.75) is 77.3 Å². The molecule has 0 saturated heterocycles. The van der Waals surface area contributed by atoms with Gasteiger partial charge in [-0.1, -0.05) is 120 Å². The zero-order valence-corrected chi connectivity index (χ0v) is 47.3. The maximum atomic E-state index is 12.0. The fraction of sp³-hybridized carbons (Fsp3) is 0.182. The molecule has 0 radical (unpaired) electrons. The Balaban J connectivity index is 0.000000157. The summed E-state index contributed by atoms with van der Waals surface area (Å²) in [5.41, 5.74) is 12.0. The second-order valence-corrected chi connectivity index (χ2v) is 23.1. The van der Waals surface area contributed by atoms with Crippen molar-refractivity contribution in [2.75, 3.05) is 0 Å².